The number of carbonyl (C=O) groups excluding carboxylic acids is 1. The number of rotatable bonds is 6. The molecular formula is C23H29N3O. The topological polar surface area (TPSA) is 35.6 Å². The highest BCUT2D eigenvalue weighted by atomic mass is 16.2. The Balaban J connectivity index is 1.24. The van der Waals surface area contributed by atoms with Gasteiger partial charge in [0.05, 0.1) is 6.54 Å². The molecule has 2 heterocycles. The minimum Gasteiger partial charge on any atom is -0.371 e. The van der Waals surface area contributed by atoms with Gasteiger partial charge in [0.15, 0.2) is 0 Å². The first-order valence-corrected chi connectivity index (χ1v) is 10.2. The van der Waals surface area contributed by atoms with Gasteiger partial charge in [-0.2, -0.15) is 0 Å². The Morgan fingerprint density at radius 2 is 1.70 bits per heavy atom. The van der Waals surface area contributed by atoms with E-state index in [0.29, 0.717) is 18.5 Å². The molecular weight excluding hydrogens is 334 g/mol. The number of nitrogens with one attached hydrogen (secondary N) is 1. The third-order valence-corrected chi connectivity index (χ3v) is 5.89. The summed E-state index contributed by atoms with van der Waals surface area (Å²) in [6.07, 6.45) is 3.46. The van der Waals surface area contributed by atoms with Crippen LogP contribution in [0.5, 0.6) is 0 Å². The van der Waals surface area contributed by atoms with Crippen molar-refractivity contribution in [3.8, 4) is 0 Å². The molecule has 2 aliphatic rings. The average Bonchev–Trinajstić information content (AvgIpc) is 3.37. The maximum absolute atomic E-state index is 12.5. The van der Waals surface area contributed by atoms with Crippen molar-refractivity contribution in [2.24, 2.45) is 5.92 Å². The monoisotopic (exact) mass is 363 g/mol. The molecule has 2 atom stereocenters. The highest BCUT2D eigenvalue weighted by Crippen LogP contribution is 2.31. The Morgan fingerprint density at radius 3 is 2.48 bits per heavy atom. The van der Waals surface area contributed by atoms with Gasteiger partial charge in [-0.25, -0.2) is 0 Å². The average molecular weight is 364 g/mol. The second-order valence-electron chi connectivity index (χ2n) is 7.78. The molecule has 0 spiro atoms. The number of hydrogen-bond acceptors (Lipinski definition) is 3. The van der Waals surface area contributed by atoms with E-state index in [1.165, 1.54) is 17.7 Å². The molecule has 2 aliphatic heterocycles. The van der Waals surface area contributed by atoms with Crippen LogP contribution in [0, 0.1) is 5.92 Å². The number of hydrogen-bond donors (Lipinski definition) is 1. The van der Waals surface area contributed by atoms with Crippen LogP contribution in [0.2, 0.25) is 0 Å². The zero-order valence-corrected chi connectivity index (χ0v) is 15.9. The minimum atomic E-state index is 0.163. The molecule has 142 valence electrons. The highest BCUT2D eigenvalue weighted by molar-refractivity contribution is 5.78. The fraction of sp³-hybridized carbons (Fsp3) is 0.435. The van der Waals surface area contributed by atoms with Gasteiger partial charge in [-0.15, -0.1) is 0 Å². The lowest BCUT2D eigenvalue weighted by molar-refractivity contribution is -0.122. The summed E-state index contributed by atoms with van der Waals surface area (Å²) >= 11 is 0. The van der Waals surface area contributed by atoms with E-state index in [-0.39, 0.29) is 5.91 Å². The van der Waals surface area contributed by atoms with E-state index in [2.05, 4.69) is 75.8 Å². The van der Waals surface area contributed by atoms with Crippen LogP contribution in [-0.4, -0.2) is 43.5 Å². The van der Waals surface area contributed by atoms with Crippen molar-refractivity contribution in [1.29, 1.82) is 0 Å². The number of anilines is 1. The van der Waals surface area contributed by atoms with Crippen molar-refractivity contribution in [2.45, 2.75) is 25.3 Å². The molecule has 27 heavy (non-hydrogen) atoms. The van der Waals surface area contributed by atoms with Gasteiger partial charge in [-0.1, -0.05) is 48.5 Å². The normalized spacial score (nSPS) is 22.9. The maximum atomic E-state index is 12.5. The van der Waals surface area contributed by atoms with Crippen LogP contribution in [0.1, 0.15) is 30.9 Å². The van der Waals surface area contributed by atoms with E-state index in [9.17, 15) is 4.79 Å². The molecule has 0 unspecified atom stereocenters. The van der Waals surface area contributed by atoms with E-state index in [0.717, 1.165) is 39.0 Å². The number of carbonyl (C=O) groups is 1. The fourth-order valence-corrected chi connectivity index (χ4v) is 4.44. The second-order valence-corrected chi connectivity index (χ2v) is 7.78. The quantitative estimate of drug-likeness (QED) is 0.854. The predicted octanol–water partition coefficient (Wildman–Crippen LogP) is 3.47. The zero-order chi connectivity index (χ0) is 18.5. The van der Waals surface area contributed by atoms with Crippen molar-refractivity contribution in [3.63, 3.8) is 0 Å². The Hall–Kier alpha value is -2.33. The van der Waals surface area contributed by atoms with E-state index in [4.69, 9.17) is 0 Å². The summed E-state index contributed by atoms with van der Waals surface area (Å²) in [5.41, 5.74) is 2.62. The van der Waals surface area contributed by atoms with Crippen molar-refractivity contribution in [3.05, 3.63) is 66.2 Å². The SMILES string of the molecule is O=C(CN1CCC[C@@H]1c1ccccc1)NC[C@@H]1CCN(c2ccccc2)C1. The second kappa shape index (κ2) is 8.57. The number of para-hydroxylation sites is 1. The van der Waals surface area contributed by atoms with Gasteiger partial charge in [-0.05, 0) is 49.4 Å². The lowest BCUT2D eigenvalue weighted by atomic mass is 10.0. The molecule has 0 bridgehead atoms. The van der Waals surface area contributed by atoms with E-state index >= 15 is 0 Å². The van der Waals surface area contributed by atoms with Crippen LogP contribution in [0.15, 0.2) is 60.7 Å². The lowest BCUT2D eigenvalue weighted by Crippen LogP contribution is -2.39. The molecule has 0 radical (unpaired) electrons. The standard InChI is InChI=1S/C23H29N3O/c27-23(18-26-14-7-12-22(26)20-8-3-1-4-9-20)24-16-19-13-15-25(17-19)21-10-5-2-6-11-21/h1-6,8-11,19,22H,7,12-18H2,(H,24,27)/t19-,22+/m0/s1. The van der Waals surface area contributed by atoms with Crippen LogP contribution in [0.4, 0.5) is 5.69 Å². The first-order valence-electron chi connectivity index (χ1n) is 10.2. The molecule has 0 saturated carbocycles. The van der Waals surface area contributed by atoms with E-state index in [1.807, 2.05) is 0 Å². The molecule has 1 N–H and O–H groups in total. The van der Waals surface area contributed by atoms with Gasteiger partial charge in [0.2, 0.25) is 5.91 Å². The number of benzene rings is 2. The van der Waals surface area contributed by atoms with Gasteiger partial charge in [0.25, 0.3) is 0 Å². The van der Waals surface area contributed by atoms with Crippen molar-refractivity contribution in [2.75, 3.05) is 37.6 Å². The van der Waals surface area contributed by atoms with Crippen LogP contribution in [0.3, 0.4) is 0 Å². The molecule has 2 fully saturated rings. The zero-order valence-electron chi connectivity index (χ0n) is 15.9. The first kappa shape index (κ1) is 18.1. The molecule has 0 aliphatic carbocycles. The smallest absolute Gasteiger partial charge is 0.234 e. The third-order valence-electron chi connectivity index (χ3n) is 5.89. The molecule has 4 rings (SSSR count). The minimum absolute atomic E-state index is 0.163. The lowest BCUT2D eigenvalue weighted by Gasteiger charge is -2.24. The molecule has 2 aromatic rings. The number of nitrogens with zero attached hydrogens (tertiary/aromatic N) is 2. The van der Waals surface area contributed by atoms with Gasteiger partial charge >= 0.3 is 0 Å². The van der Waals surface area contributed by atoms with Crippen molar-refractivity contribution >= 4 is 11.6 Å². The van der Waals surface area contributed by atoms with Gasteiger partial charge < -0.3 is 10.2 Å². The Kier molecular flexibility index (Phi) is 5.73. The summed E-state index contributed by atoms with van der Waals surface area (Å²) < 4.78 is 0. The maximum Gasteiger partial charge on any atom is 0.234 e. The van der Waals surface area contributed by atoms with Gasteiger partial charge in [0.1, 0.15) is 0 Å². The Labute approximate surface area is 162 Å². The Bertz CT molecular complexity index is 734. The summed E-state index contributed by atoms with van der Waals surface area (Å²) in [5, 5.41) is 3.19. The van der Waals surface area contributed by atoms with Gasteiger partial charge in [0, 0.05) is 31.4 Å². The Morgan fingerprint density at radius 1 is 0.963 bits per heavy atom. The first-order chi connectivity index (χ1) is 13.3. The van der Waals surface area contributed by atoms with E-state index < -0.39 is 0 Å². The summed E-state index contributed by atoms with van der Waals surface area (Å²) in [6.45, 7) is 4.41. The van der Waals surface area contributed by atoms with Crippen molar-refractivity contribution in [1.82, 2.24) is 10.2 Å². The third kappa shape index (κ3) is 4.51. The summed E-state index contributed by atoms with van der Waals surface area (Å²) in [6, 6.07) is 21.5. The van der Waals surface area contributed by atoms with Crippen LogP contribution < -0.4 is 10.2 Å². The van der Waals surface area contributed by atoms with Crippen molar-refractivity contribution < 1.29 is 4.79 Å². The van der Waals surface area contributed by atoms with Crippen LogP contribution >= 0.6 is 0 Å². The van der Waals surface area contributed by atoms with Crippen LogP contribution in [0.25, 0.3) is 0 Å². The molecule has 1 amide bonds. The highest BCUT2D eigenvalue weighted by Gasteiger charge is 2.28. The molecule has 0 aromatic heterocycles. The van der Waals surface area contributed by atoms with Crippen LogP contribution in [-0.2, 0) is 4.79 Å². The van der Waals surface area contributed by atoms with E-state index in [1.54, 1.807) is 0 Å². The summed E-state index contributed by atoms with van der Waals surface area (Å²) in [4.78, 5) is 17.3. The number of likely N-dealkylation sites (tertiary alicyclic amines) is 1. The summed E-state index contributed by atoms with van der Waals surface area (Å²) in [5.74, 6) is 0.702. The molecule has 2 saturated heterocycles. The fourth-order valence-electron chi connectivity index (χ4n) is 4.44. The van der Waals surface area contributed by atoms with Gasteiger partial charge in [-0.3, -0.25) is 9.69 Å². The summed E-state index contributed by atoms with van der Waals surface area (Å²) in [7, 11) is 0. The largest absolute Gasteiger partial charge is 0.371 e. The predicted molar refractivity (Wildman–Crippen MR) is 110 cm³/mol. The molecule has 2 aromatic carbocycles. The number of amides is 1. The molecule has 4 heteroatoms. The molecule has 4 nitrogen and oxygen atoms in total.